The molecule has 144 valence electrons. The lowest BCUT2D eigenvalue weighted by atomic mass is 10.1. The van der Waals surface area contributed by atoms with E-state index in [1.807, 2.05) is 6.92 Å². The zero-order valence-corrected chi connectivity index (χ0v) is 15.9. The molecule has 0 bridgehead atoms. The first-order valence-corrected chi connectivity index (χ1v) is 8.76. The summed E-state index contributed by atoms with van der Waals surface area (Å²) in [5, 5.41) is 19.1. The molecular weight excluding hydrogens is 384 g/mol. The van der Waals surface area contributed by atoms with E-state index in [0.29, 0.717) is 23.1 Å². The van der Waals surface area contributed by atoms with Gasteiger partial charge in [0.15, 0.2) is 11.5 Å². The van der Waals surface area contributed by atoms with Crippen LogP contribution >= 0.6 is 11.6 Å². The molecule has 0 radical (unpaired) electrons. The zero-order chi connectivity index (χ0) is 20.4. The summed E-state index contributed by atoms with van der Waals surface area (Å²) in [5.74, 6) is -1.03. The normalized spacial score (nSPS) is 11.2. The minimum absolute atomic E-state index is 0.0892. The van der Waals surface area contributed by atoms with E-state index < -0.39 is 5.97 Å². The number of phenols is 1. The van der Waals surface area contributed by atoms with Crippen LogP contribution in [0.2, 0.25) is 5.02 Å². The number of aryl methyl sites for hydroxylation is 1. The van der Waals surface area contributed by atoms with Gasteiger partial charge in [-0.15, -0.1) is 0 Å². The fourth-order valence-electron chi connectivity index (χ4n) is 2.84. The third-order valence-corrected chi connectivity index (χ3v) is 4.53. The number of carboxylic acids is 1. The van der Waals surface area contributed by atoms with E-state index in [2.05, 4.69) is 4.98 Å². The van der Waals surface area contributed by atoms with Crippen LogP contribution in [-0.2, 0) is 6.54 Å². The summed E-state index contributed by atoms with van der Waals surface area (Å²) in [6.07, 6.45) is 3.13. The van der Waals surface area contributed by atoms with E-state index in [1.54, 1.807) is 18.2 Å². The molecule has 3 rings (SSSR count). The molecule has 0 aliphatic carbocycles. The average molecular weight is 401 g/mol. The van der Waals surface area contributed by atoms with Crippen LogP contribution in [0.4, 0.5) is 0 Å². The Morgan fingerprint density at radius 3 is 2.68 bits per heavy atom. The maximum Gasteiger partial charge on any atom is 0.335 e. The first-order valence-electron chi connectivity index (χ1n) is 8.38. The number of ether oxygens (including phenoxy) is 1. The smallest absolute Gasteiger partial charge is 0.335 e. The second kappa shape index (κ2) is 7.74. The number of fused-ring (bicyclic) bond motifs is 1. The summed E-state index contributed by atoms with van der Waals surface area (Å²) in [5.41, 5.74) is 1.51. The summed E-state index contributed by atoms with van der Waals surface area (Å²) in [4.78, 5) is 28.3. The molecule has 2 N–H and O–H groups in total. The van der Waals surface area contributed by atoms with Crippen LogP contribution in [0, 0.1) is 0 Å². The number of phenolic OH excluding ortho intramolecular Hbond substituents is 1. The van der Waals surface area contributed by atoms with Crippen molar-refractivity contribution in [2.45, 2.75) is 13.5 Å². The van der Waals surface area contributed by atoms with Crippen molar-refractivity contribution in [3.63, 3.8) is 0 Å². The molecule has 8 heteroatoms. The standard InChI is InChI=1S/C20H17ClN2O5/c1-3-23-16-7-5-12(20(26)27)10-15(16)22-14(19(23)25)6-4-11-8-13(21)18(24)17(9-11)28-2/h4-10,24H,3H2,1-2H3,(H,26,27)/b6-4+. The lowest BCUT2D eigenvalue weighted by molar-refractivity contribution is 0.0697. The maximum absolute atomic E-state index is 12.7. The number of carbonyl (C=O) groups is 1. The van der Waals surface area contributed by atoms with Crippen molar-refractivity contribution in [2.24, 2.45) is 0 Å². The third-order valence-electron chi connectivity index (χ3n) is 4.24. The Labute approximate surface area is 165 Å². The highest BCUT2D eigenvalue weighted by Gasteiger charge is 2.12. The van der Waals surface area contributed by atoms with Gasteiger partial charge in [0.2, 0.25) is 0 Å². The Balaban J connectivity index is 2.13. The summed E-state index contributed by atoms with van der Waals surface area (Å²) in [7, 11) is 1.41. The van der Waals surface area contributed by atoms with Crippen LogP contribution in [0.3, 0.4) is 0 Å². The van der Waals surface area contributed by atoms with Gasteiger partial charge in [-0.1, -0.05) is 17.7 Å². The van der Waals surface area contributed by atoms with Crippen LogP contribution in [-0.4, -0.2) is 32.8 Å². The quantitative estimate of drug-likeness (QED) is 0.677. The molecule has 1 heterocycles. The van der Waals surface area contributed by atoms with Gasteiger partial charge in [-0.2, -0.15) is 0 Å². The number of benzene rings is 2. The van der Waals surface area contributed by atoms with E-state index in [1.165, 1.54) is 36.0 Å². The number of aromatic hydroxyl groups is 1. The van der Waals surface area contributed by atoms with E-state index in [4.69, 9.17) is 16.3 Å². The fraction of sp³-hybridized carbons (Fsp3) is 0.150. The van der Waals surface area contributed by atoms with Crippen molar-refractivity contribution in [2.75, 3.05) is 7.11 Å². The summed E-state index contributed by atoms with van der Waals surface area (Å²) in [6.45, 7) is 2.23. The topological polar surface area (TPSA) is 102 Å². The number of methoxy groups -OCH3 is 1. The monoisotopic (exact) mass is 400 g/mol. The molecule has 3 aromatic rings. The molecule has 0 aliphatic rings. The van der Waals surface area contributed by atoms with Gasteiger partial charge in [-0.3, -0.25) is 4.79 Å². The van der Waals surface area contributed by atoms with Crippen LogP contribution in [0.15, 0.2) is 35.1 Å². The molecule has 0 spiro atoms. The van der Waals surface area contributed by atoms with Gasteiger partial charge in [0.25, 0.3) is 5.56 Å². The Morgan fingerprint density at radius 2 is 2.04 bits per heavy atom. The minimum Gasteiger partial charge on any atom is -0.503 e. The summed E-state index contributed by atoms with van der Waals surface area (Å²) >= 11 is 5.98. The first-order chi connectivity index (χ1) is 13.3. The maximum atomic E-state index is 12.7. The van der Waals surface area contributed by atoms with Crippen LogP contribution < -0.4 is 10.3 Å². The Morgan fingerprint density at radius 1 is 1.29 bits per heavy atom. The second-order valence-electron chi connectivity index (χ2n) is 5.94. The number of carboxylic acid groups (broad SMARTS) is 1. The van der Waals surface area contributed by atoms with Crippen molar-refractivity contribution in [3.05, 3.63) is 62.5 Å². The summed E-state index contributed by atoms with van der Waals surface area (Å²) in [6, 6.07) is 7.55. The molecule has 7 nitrogen and oxygen atoms in total. The number of nitrogens with zero attached hydrogens (tertiary/aromatic N) is 2. The Bertz CT molecular complexity index is 1170. The van der Waals surface area contributed by atoms with E-state index >= 15 is 0 Å². The highest BCUT2D eigenvalue weighted by molar-refractivity contribution is 6.32. The van der Waals surface area contributed by atoms with Crippen molar-refractivity contribution in [3.8, 4) is 11.5 Å². The molecule has 1 aromatic heterocycles. The molecule has 0 aliphatic heterocycles. The predicted octanol–water partition coefficient (Wildman–Crippen LogP) is 3.65. The van der Waals surface area contributed by atoms with Gasteiger partial charge in [-0.25, -0.2) is 9.78 Å². The highest BCUT2D eigenvalue weighted by Crippen LogP contribution is 2.35. The number of hydrogen-bond acceptors (Lipinski definition) is 5. The van der Waals surface area contributed by atoms with E-state index in [-0.39, 0.29) is 33.3 Å². The zero-order valence-electron chi connectivity index (χ0n) is 15.1. The van der Waals surface area contributed by atoms with Crippen molar-refractivity contribution >= 4 is 40.8 Å². The average Bonchev–Trinajstić information content (AvgIpc) is 2.68. The Hall–Kier alpha value is -3.32. The minimum atomic E-state index is -1.07. The summed E-state index contributed by atoms with van der Waals surface area (Å²) < 4.78 is 6.59. The second-order valence-corrected chi connectivity index (χ2v) is 6.35. The van der Waals surface area contributed by atoms with Crippen LogP contribution in [0.25, 0.3) is 23.2 Å². The molecule has 2 aromatic carbocycles. The SMILES string of the molecule is CCn1c(=O)c(/C=C/c2cc(Cl)c(O)c(OC)c2)nc2cc(C(=O)O)ccc21. The number of aromatic nitrogens is 2. The van der Waals surface area contributed by atoms with Gasteiger partial charge in [0.1, 0.15) is 5.69 Å². The lowest BCUT2D eigenvalue weighted by Gasteiger charge is -2.09. The molecule has 0 atom stereocenters. The molecule has 0 fully saturated rings. The van der Waals surface area contributed by atoms with E-state index in [0.717, 1.165) is 0 Å². The number of halogens is 1. The van der Waals surface area contributed by atoms with Gasteiger partial charge in [0, 0.05) is 6.54 Å². The molecule has 0 saturated carbocycles. The van der Waals surface area contributed by atoms with Gasteiger partial charge < -0.3 is 19.5 Å². The lowest BCUT2D eigenvalue weighted by Crippen LogP contribution is -2.23. The van der Waals surface area contributed by atoms with Crippen LogP contribution in [0.1, 0.15) is 28.5 Å². The predicted molar refractivity (Wildman–Crippen MR) is 107 cm³/mol. The van der Waals surface area contributed by atoms with Gasteiger partial charge in [-0.05, 0) is 48.9 Å². The molecule has 0 unspecified atom stereocenters. The highest BCUT2D eigenvalue weighted by atomic mass is 35.5. The van der Waals surface area contributed by atoms with Crippen molar-refractivity contribution in [1.29, 1.82) is 0 Å². The van der Waals surface area contributed by atoms with Crippen molar-refractivity contribution < 1.29 is 19.7 Å². The fourth-order valence-corrected chi connectivity index (χ4v) is 3.06. The van der Waals surface area contributed by atoms with Gasteiger partial charge >= 0.3 is 5.97 Å². The first kappa shape index (κ1) is 19.4. The number of aromatic carboxylic acids is 1. The molecule has 0 amide bonds. The third kappa shape index (κ3) is 3.57. The largest absolute Gasteiger partial charge is 0.503 e. The Kier molecular flexibility index (Phi) is 5.37. The van der Waals surface area contributed by atoms with E-state index in [9.17, 15) is 19.8 Å². The van der Waals surface area contributed by atoms with Crippen molar-refractivity contribution in [1.82, 2.24) is 9.55 Å². The number of rotatable bonds is 5. The molecule has 0 saturated heterocycles. The van der Waals surface area contributed by atoms with Gasteiger partial charge in [0.05, 0.1) is 28.7 Å². The molecular formula is C20H17ClN2O5. The molecule has 28 heavy (non-hydrogen) atoms. The van der Waals surface area contributed by atoms with Crippen LogP contribution in [0.5, 0.6) is 11.5 Å². The number of hydrogen-bond donors (Lipinski definition) is 2.